The number of methoxy groups -OCH3 is 1. The summed E-state index contributed by atoms with van der Waals surface area (Å²) in [4.78, 5) is 12.3. The zero-order valence-corrected chi connectivity index (χ0v) is 17.4. The Morgan fingerprint density at radius 2 is 1.70 bits per heavy atom. The van der Waals surface area contributed by atoms with Crippen LogP contribution in [0.25, 0.3) is 0 Å². The Morgan fingerprint density at radius 1 is 1.03 bits per heavy atom. The van der Waals surface area contributed by atoms with Gasteiger partial charge in [0.15, 0.2) is 0 Å². The second-order valence-electron chi connectivity index (χ2n) is 6.63. The molecular weight excluding hydrogens is 404 g/mol. The summed E-state index contributed by atoms with van der Waals surface area (Å²) in [6.07, 6.45) is 0. The number of hydroxylamine groups is 1. The highest BCUT2D eigenvalue weighted by atomic mass is 32.2. The number of sulfonamides is 1. The van der Waals surface area contributed by atoms with Gasteiger partial charge in [-0.2, -0.15) is 0 Å². The summed E-state index contributed by atoms with van der Waals surface area (Å²) in [6, 6.07) is 19.9. The van der Waals surface area contributed by atoms with Crippen molar-refractivity contribution in [1.82, 2.24) is 5.48 Å². The maximum Gasteiger partial charge on any atom is 0.276 e. The highest BCUT2D eigenvalue weighted by Crippen LogP contribution is 2.30. The van der Waals surface area contributed by atoms with Gasteiger partial charge >= 0.3 is 0 Å². The zero-order chi connectivity index (χ0) is 21.7. The van der Waals surface area contributed by atoms with Gasteiger partial charge in [-0.25, -0.2) is 13.9 Å². The maximum atomic E-state index is 13.6. The molecule has 3 aromatic rings. The van der Waals surface area contributed by atoms with Crippen LogP contribution in [0.15, 0.2) is 77.7 Å². The van der Waals surface area contributed by atoms with E-state index in [-0.39, 0.29) is 22.7 Å². The quantitative estimate of drug-likeness (QED) is 0.445. The van der Waals surface area contributed by atoms with Crippen molar-refractivity contribution in [2.75, 3.05) is 11.4 Å². The van der Waals surface area contributed by atoms with Gasteiger partial charge < -0.3 is 4.74 Å². The van der Waals surface area contributed by atoms with Crippen LogP contribution in [0.5, 0.6) is 5.75 Å². The molecule has 0 saturated heterocycles. The summed E-state index contributed by atoms with van der Waals surface area (Å²) >= 11 is 0. The van der Waals surface area contributed by atoms with E-state index in [0.717, 1.165) is 15.4 Å². The zero-order valence-electron chi connectivity index (χ0n) is 16.6. The SMILES string of the molecule is COc1ccc(S(=O)(=O)N(Cc2ccccc2)c2ccc(C)cc2C(=O)NO)cc1. The first-order valence-corrected chi connectivity index (χ1v) is 10.6. The highest BCUT2D eigenvalue weighted by Gasteiger charge is 2.29. The number of aryl methyl sites for hydroxylation is 1. The lowest BCUT2D eigenvalue weighted by atomic mass is 10.1. The standard InChI is InChI=1S/C22H22N2O5S/c1-16-8-13-21(20(14-16)22(25)23-26)24(15-17-6-4-3-5-7-17)30(27,28)19-11-9-18(29-2)10-12-19/h3-14,26H,15H2,1-2H3,(H,23,25). The third-order valence-corrected chi connectivity index (χ3v) is 6.36. The topological polar surface area (TPSA) is 95.9 Å². The van der Waals surface area contributed by atoms with Crippen LogP contribution in [-0.2, 0) is 16.6 Å². The van der Waals surface area contributed by atoms with Crippen LogP contribution in [-0.4, -0.2) is 26.6 Å². The first-order valence-electron chi connectivity index (χ1n) is 9.12. The Kier molecular flexibility index (Phi) is 6.39. The van der Waals surface area contributed by atoms with Gasteiger partial charge in [0.25, 0.3) is 15.9 Å². The van der Waals surface area contributed by atoms with E-state index in [4.69, 9.17) is 4.74 Å². The molecule has 0 aliphatic heterocycles. The Bertz CT molecular complexity index is 1130. The van der Waals surface area contributed by atoms with E-state index in [1.165, 1.54) is 25.3 Å². The number of hydrogen-bond acceptors (Lipinski definition) is 5. The van der Waals surface area contributed by atoms with Crippen LogP contribution in [0.4, 0.5) is 5.69 Å². The van der Waals surface area contributed by atoms with Gasteiger partial charge in [-0.1, -0.05) is 42.0 Å². The van der Waals surface area contributed by atoms with E-state index in [9.17, 15) is 18.4 Å². The van der Waals surface area contributed by atoms with Crippen LogP contribution < -0.4 is 14.5 Å². The Hall–Kier alpha value is -3.36. The number of amides is 1. The summed E-state index contributed by atoms with van der Waals surface area (Å²) < 4.78 is 33.4. The summed E-state index contributed by atoms with van der Waals surface area (Å²) in [5, 5.41) is 9.17. The second kappa shape index (κ2) is 8.98. The van der Waals surface area contributed by atoms with Crippen molar-refractivity contribution in [3.05, 3.63) is 89.5 Å². The lowest BCUT2D eigenvalue weighted by Gasteiger charge is -2.27. The number of nitrogens with one attached hydrogen (secondary N) is 1. The fraction of sp³-hybridized carbons (Fsp3) is 0.136. The number of benzene rings is 3. The number of carbonyl (C=O) groups is 1. The van der Waals surface area contributed by atoms with Crippen LogP contribution in [0.1, 0.15) is 21.5 Å². The van der Waals surface area contributed by atoms with Crippen LogP contribution in [0.2, 0.25) is 0 Å². The fourth-order valence-corrected chi connectivity index (χ4v) is 4.50. The number of anilines is 1. The number of nitrogens with zero attached hydrogens (tertiary/aromatic N) is 1. The Balaban J connectivity index is 2.17. The molecule has 156 valence electrons. The van der Waals surface area contributed by atoms with Crippen molar-refractivity contribution >= 4 is 21.6 Å². The van der Waals surface area contributed by atoms with Crippen molar-refractivity contribution in [2.24, 2.45) is 0 Å². The van der Waals surface area contributed by atoms with Gasteiger partial charge in [0.2, 0.25) is 0 Å². The van der Waals surface area contributed by atoms with Crippen molar-refractivity contribution in [3.63, 3.8) is 0 Å². The summed E-state index contributed by atoms with van der Waals surface area (Å²) in [5.74, 6) is -0.268. The normalized spacial score (nSPS) is 11.0. The van der Waals surface area contributed by atoms with Gasteiger partial charge in [0, 0.05) is 0 Å². The molecule has 0 spiro atoms. The van der Waals surface area contributed by atoms with Crippen molar-refractivity contribution in [2.45, 2.75) is 18.4 Å². The minimum absolute atomic E-state index is 0.00394. The summed E-state index contributed by atoms with van der Waals surface area (Å²) in [6.45, 7) is 1.78. The molecule has 1 amide bonds. The molecule has 0 fully saturated rings. The monoisotopic (exact) mass is 426 g/mol. The summed E-state index contributed by atoms with van der Waals surface area (Å²) in [5.41, 5.74) is 3.29. The Labute approximate surface area is 175 Å². The van der Waals surface area contributed by atoms with E-state index in [2.05, 4.69) is 0 Å². The fourth-order valence-electron chi connectivity index (χ4n) is 3.03. The minimum atomic E-state index is -4.04. The predicted octanol–water partition coefficient (Wildman–Crippen LogP) is 3.52. The molecule has 0 atom stereocenters. The number of rotatable bonds is 7. The summed E-state index contributed by atoms with van der Waals surface area (Å²) in [7, 11) is -2.54. The van der Waals surface area contributed by atoms with Gasteiger partial charge in [0.05, 0.1) is 29.8 Å². The molecule has 0 radical (unpaired) electrons. The molecule has 0 bridgehead atoms. The first kappa shape index (κ1) is 21.4. The lowest BCUT2D eigenvalue weighted by Crippen LogP contribution is -2.33. The van der Waals surface area contributed by atoms with Gasteiger partial charge in [-0.3, -0.25) is 14.3 Å². The number of ether oxygens (including phenoxy) is 1. The van der Waals surface area contributed by atoms with E-state index in [1.807, 2.05) is 18.2 Å². The molecule has 30 heavy (non-hydrogen) atoms. The Morgan fingerprint density at radius 3 is 2.30 bits per heavy atom. The average molecular weight is 426 g/mol. The first-order chi connectivity index (χ1) is 14.4. The molecule has 8 heteroatoms. The molecule has 3 rings (SSSR count). The van der Waals surface area contributed by atoms with Crippen LogP contribution in [0, 0.1) is 6.92 Å². The minimum Gasteiger partial charge on any atom is -0.497 e. The smallest absolute Gasteiger partial charge is 0.276 e. The lowest BCUT2D eigenvalue weighted by molar-refractivity contribution is 0.0707. The molecule has 0 saturated carbocycles. The van der Waals surface area contributed by atoms with Crippen molar-refractivity contribution in [3.8, 4) is 5.75 Å². The molecule has 0 aliphatic carbocycles. The van der Waals surface area contributed by atoms with Gasteiger partial charge in [-0.05, 0) is 48.9 Å². The van der Waals surface area contributed by atoms with E-state index >= 15 is 0 Å². The third-order valence-electron chi connectivity index (χ3n) is 4.58. The van der Waals surface area contributed by atoms with E-state index < -0.39 is 15.9 Å². The molecule has 2 N–H and O–H groups in total. The number of hydrogen-bond donors (Lipinski definition) is 2. The molecule has 0 aromatic heterocycles. The van der Waals surface area contributed by atoms with Crippen LogP contribution >= 0.6 is 0 Å². The molecular formula is C22H22N2O5S. The highest BCUT2D eigenvalue weighted by molar-refractivity contribution is 7.92. The maximum absolute atomic E-state index is 13.6. The van der Waals surface area contributed by atoms with E-state index in [1.54, 1.807) is 48.8 Å². The molecule has 3 aromatic carbocycles. The molecule has 0 heterocycles. The van der Waals surface area contributed by atoms with Crippen molar-refractivity contribution in [1.29, 1.82) is 0 Å². The van der Waals surface area contributed by atoms with Gasteiger partial charge in [0.1, 0.15) is 5.75 Å². The largest absolute Gasteiger partial charge is 0.497 e. The van der Waals surface area contributed by atoms with Crippen LogP contribution in [0.3, 0.4) is 0 Å². The van der Waals surface area contributed by atoms with E-state index in [0.29, 0.717) is 5.75 Å². The second-order valence-corrected chi connectivity index (χ2v) is 8.50. The third kappa shape index (κ3) is 4.45. The number of carbonyl (C=O) groups excluding carboxylic acids is 1. The van der Waals surface area contributed by atoms with Gasteiger partial charge in [-0.15, -0.1) is 0 Å². The van der Waals surface area contributed by atoms with Crippen molar-refractivity contribution < 1.29 is 23.2 Å². The molecule has 0 unspecified atom stereocenters. The average Bonchev–Trinajstić information content (AvgIpc) is 2.77. The predicted molar refractivity (Wildman–Crippen MR) is 113 cm³/mol. The molecule has 0 aliphatic rings. The molecule has 7 nitrogen and oxygen atoms in total.